The average Bonchev–Trinajstić information content (AvgIpc) is 2.62. The SMILES string of the molecule is Cc1nc2ccc(Cl)cc2cc1C(=O)NCCN(C)Cc1ccccc1. The number of aryl methyl sites for hydroxylation is 1. The minimum absolute atomic E-state index is 0.106. The van der Waals surface area contributed by atoms with Crippen LogP contribution in [0.5, 0.6) is 0 Å². The third-order valence-electron chi connectivity index (χ3n) is 4.29. The molecule has 134 valence electrons. The standard InChI is InChI=1S/C21H22ClN3O/c1-15-19(13-17-12-18(22)8-9-20(17)24-15)21(26)23-10-11-25(2)14-16-6-4-3-5-7-16/h3-9,12-13H,10-11,14H2,1-2H3,(H,23,26). The molecule has 0 bridgehead atoms. The molecule has 2 aromatic carbocycles. The summed E-state index contributed by atoms with van der Waals surface area (Å²) in [6.45, 7) is 4.05. The molecule has 3 rings (SSSR count). The summed E-state index contributed by atoms with van der Waals surface area (Å²) in [7, 11) is 2.05. The fraction of sp³-hybridized carbons (Fsp3) is 0.238. The van der Waals surface area contributed by atoms with Crippen molar-refractivity contribution in [3.05, 3.63) is 76.4 Å². The Bertz CT molecular complexity index is 912. The van der Waals surface area contributed by atoms with Gasteiger partial charge in [-0.3, -0.25) is 9.78 Å². The number of rotatable bonds is 6. The van der Waals surface area contributed by atoms with Gasteiger partial charge in [0, 0.05) is 30.0 Å². The maximum atomic E-state index is 12.5. The van der Waals surface area contributed by atoms with Crippen LogP contribution >= 0.6 is 11.6 Å². The van der Waals surface area contributed by atoms with Crippen LogP contribution in [0.25, 0.3) is 10.9 Å². The zero-order valence-corrected chi connectivity index (χ0v) is 15.8. The van der Waals surface area contributed by atoms with Crippen LogP contribution in [-0.4, -0.2) is 35.9 Å². The van der Waals surface area contributed by atoms with Crippen molar-refractivity contribution >= 4 is 28.4 Å². The first-order chi connectivity index (χ1) is 12.5. The first kappa shape index (κ1) is 18.4. The number of fused-ring (bicyclic) bond motifs is 1. The van der Waals surface area contributed by atoms with Gasteiger partial charge in [-0.15, -0.1) is 0 Å². The van der Waals surface area contributed by atoms with Crippen LogP contribution < -0.4 is 5.32 Å². The molecular formula is C21H22ClN3O. The quantitative estimate of drug-likeness (QED) is 0.714. The van der Waals surface area contributed by atoms with E-state index in [0.29, 0.717) is 17.1 Å². The molecule has 0 aliphatic rings. The Morgan fingerprint density at radius 3 is 2.69 bits per heavy atom. The Kier molecular flexibility index (Phi) is 5.86. The Morgan fingerprint density at radius 2 is 1.92 bits per heavy atom. The molecule has 4 nitrogen and oxygen atoms in total. The average molecular weight is 368 g/mol. The second kappa shape index (κ2) is 8.30. The minimum atomic E-state index is -0.106. The summed E-state index contributed by atoms with van der Waals surface area (Å²) < 4.78 is 0. The fourth-order valence-corrected chi connectivity index (χ4v) is 3.08. The third kappa shape index (κ3) is 4.59. The van der Waals surface area contributed by atoms with E-state index >= 15 is 0 Å². The van der Waals surface area contributed by atoms with Gasteiger partial charge in [-0.2, -0.15) is 0 Å². The molecule has 1 N–H and O–H groups in total. The number of amides is 1. The fourth-order valence-electron chi connectivity index (χ4n) is 2.90. The van der Waals surface area contributed by atoms with Crippen LogP contribution in [0.4, 0.5) is 0 Å². The molecule has 1 aromatic heterocycles. The summed E-state index contributed by atoms with van der Waals surface area (Å²) in [4.78, 5) is 19.2. The molecule has 0 aliphatic carbocycles. The van der Waals surface area contributed by atoms with E-state index < -0.39 is 0 Å². The zero-order valence-electron chi connectivity index (χ0n) is 15.0. The number of nitrogens with one attached hydrogen (secondary N) is 1. The van der Waals surface area contributed by atoms with Crippen molar-refractivity contribution < 1.29 is 4.79 Å². The van der Waals surface area contributed by atoms with Crippen LogP contribution in [0.1, 0.15) is 21.6 Å². The topological polar surface area (TPSA) is 45.2 Å². The molecule has 0 fully saturated rings. The van der Waals surface area contributed by atoms with Crippen LogP contribution in [0.3, 0.4) is 0 Å². The summed E-state index contributed by atoms with van der Waals surface area (Å²) in [5, 5.41) is 4.49. The number of benzene rings is 2. The molecule has 1 heterocycles. The van der Waals surface area contributed by atoms with Crippen molar-refractivity contribution in [2.45, 2.75) is 13.5 Å². The minimum Gasteiger partial charge on any atom is -0.351 e. The molecule has 26 heavy (non-hydrogen) atoms. The van der Waals surface area contributed by atoms with Gasteiger partial charge in [-0.1, -0.05) is 41.9 Å². The lowest BCUT2D eigenvalue weighted by Gasteiger charge is -2.17. The number of halogens is 1. The summed E-state index contributed by atoms with van der Waals surface area (Å²) in [6.07, 6.45) is 0. The van der Waals surface area contributed by atoms with Gasteiger partial charge < -0.3 is 10.2 Å². The van der Waals surface area contributed by atoms with Crippen molar-refractivity contribution in [1.29, 1.82) is 0 Å². The highest BCUT2D eigenvalue weighted by molar-refractivity contribution is 6.31. The predicted octanol–water partition coefficient (Wildman–Crippen LogP) is 4.06. The molecule has 0 radical (unpaired) electrons. The van der Waals surface area contributed by atoms with Gasteiger partial charge in [0.05, 0.1) is 16.8 Å². The monoisotopic (exact) mass is 367 g/mol. The van der Waals surface area contributed by atoms with Gasteiger partial charge in [0.15, 0.2) is 0 Å². The predicted molar refractivity (Wildman–Crippen MR) is 107 cm³/mol. The van der Waals surface area contributed by atoms with Gasteiger partial charge >= 0.3 is 0 Å². The maximum absolute atomic E-state index is 12.5. The van der Waals surface area contributed by atoms with Gasteiger partial charge in [-0.05, 0) is 43.8 Å². The van der Waals surface area contributed by atoms with E-state index in [1.165, 1.54) is 5.56 Å². The van der Waals surface area contributed by atoms with Gasteiger partial charge in [0.1, 0.15) is 0 Å². The largest absolute Gasteiger partial charge is 0.351 e. The van der Waals surface area contributed by atoms with E-state index in [0.717, 1.165) is 29.7 Å². The number of carbonyl (C=O) groups is 1. The molecule has 0 saturated carbocycles. The highest BCUT2D eigenvalue weighted by Crippen LogP contribution is 2.20. The van der Waals surface area contributed by atoms with Crippen molar-refractivity contribution in [2.24, 2.45) is 0 Å². The number of likely N-dealkylation sites (N-methyl/N-ethyl adjacent to an activating group) is 1. The lowest BCUT2D eigenvalue weighted by Crippen LogP contribution is -2.33. The first-order valence-electron chi connectivity index (χ1n) is 8.60. The van der Waals surface area contributed by atoms with Crippen molar-refractivity contribution in [3.63, 3.8) is 0 Å². The Balaban J connectivity index is 1.59. The Morgan fingerprint density at radius 1 is 1.15 bits per heavy atom. The smallest absolute Gasteiger partial charge is 0.253 e. The van der Waals surface area contributed by atoms with Crippen LogP contribution in [-0.2, 0) is 6.54 Å². The number of pyridine rings is 1. The number of aromatic nitrogens is 1. The third-order valence-corrected chi connectivity index (χ3v) is 4.52. The van der Waals surface area contributed by atoms with Gasteiger partial charge in [0.25, 0.3) is 5.91 Å². The summed E-state index contributed by atoms with van der Waals surface area (Å²) >= 11 is 6.04. The first-order valence-corrected chi connectivity index (χ1v) is 8.98. The number of hydrogen-bond acceptors (Lipinski definition) is 3. The number of hydrogen-bond donors (Lipinski definition) is 1. The van der Waals surface area contributed by atoms with E-state index in [4.69, 9.17) is 11.6 Å². The van der Waals surface area contributed by atoms with E-state index in [2.05, 4.69) is 27.3 Å². The summed E-state index contributed by atoms with van der Waals surface area (Å²) in [6, 6.07) is 17.6. The number of carbonyl (C=O) groups excluding carboxylic acids is 1. The zero-order chi connectivity index (χ0) is 18.5. The molecular weight excluding hydrogens is 346 g/mol. The van der Waals surface area contributed by atoms with Crippen molar-refractivity contribution in [1.82, 2.24) is 15.2 Å². The Labute approximate surface area is 158 Å². The lowest BCUT2D eigenvalue weighted by molar-refractivity contribution is 0.0949. The second-order valence-electron chi connectivity index (χ2n) is 6.44. The molecule has 0 atom stereocenters. The molecule has 0 unspecified atom stereocenters. The highest BCUT2D eigenvalue weighted by atomic mass is 35.5. The second-order valence-corrected chi connectivity index (χ2v) is 6.87. The normalized spacial score (nSPS) is 11.1. The molecule has 1 amide bonds. The molecule has 0 saturated heterocycles. The van der Waals surface area contributed by atoms with E-state index in [1.54, 1.807) is 6.07 Å². The molecule has 5 heteroatoms. The van der Waals surface area contributed by atoms with Crippen LogP contribution in [0.2, 0.25) is 5.02 Å². The number of nitrogens with zero attached hydrogens (tertiary/aromatic N) is 2. The van der Waals surface area contributed by atoms with Crippen molar-refractivity contribution in [2.75, 3.05) is 20.1 Å². The molecule has 0 aliphatic heterocycles. The van der Waals surface area contributed by atoms with Gasteiger partial charge in [0.2, 0.25) is 0 Å². The van der Waals surface area contributed by atoms with E-state index in [-0.39, 0.29) is 5.91 Å². The van der Waals surface area contributed by atoms with Crippen LogP contribution in [0.15, 0.2) is 54.6 Å². The maximum Gasteiger partial charge on any atom is 0.253 e. The molecule has 3 aromatic rings. The summed E-state index contributed by atoms with van der Waals surface area (Å²) in [5.41, 5.74) is 3.40. The Hall–Kier alpha value is -2.43. The van der Waals surface area contributed by atoms with Crippen LogP contribution in [0, 0.1) is 6.92 Å². The summed E-state index contributed by atoms with van der Waals surface area (Å²) in [5.74, 6) is -0.106. The van der Waals surface area contributed by atoms with Crippen molar-refractivity contribution in [3.8, 4) is 0 Å². The van der Waals surface area contributed by atoms with E-state index in [1.807, 2.05) is 50.4 Å². The lowest BCUT2D eigenvalue weighted by atomic mass is 10.1. The highest BCUT2D eigenvalue weighted by Gasteiger charge is 2.12. The van der Waals surface area contributed by atoms with Gasteiger partial charge in [-0.25, -0.2) is 0 Å². The molecule has 0 spiro atoms. The van der Waals surface area contributed by atoms with E-state index in [9.17, 15) is 4.79 Å².